The van der Waals surface area contributed by atoms with E-state index in [9.17, 15) is 0 Å². The fraction of sp³-hybridized carbons (Fsp3) is 1.00. The molecule has 0 unspecified atom stereocenters. The average molecular weight is 233 g/mol. The Kier molecular flexibility index (Phi) is 12.5. The molecule has 0 aromatic rings. The largest absolute Gasteiger partial charge is 0.333 e. The molecule has 0 amide bonds. The molecule has 0 radical (unpaired) electrons. The van der Waals surface area contributed by atoms with E-state index in [2.05, 4.69) is 49.0 Å². The van der Waals surface area contributed by atoms with Gasteiger partial charge in [-0.3, -0.25) is 0 Å². The van der Waals surface area contributed by atoms with Gasteiger partial charge >= 0.3 is 0 Å². The lowest BCUT2D eigenvalue weighted by Gasteiger charge is -2.14. The molecule has 94 valence electrons. The Bertz CT molecular complexity index is 97.9. The molecule has 0 rings (SSSR count). The van der Waals surface area contributed by atoms with E-state index in [0.717, 1.165) is 4.48 Å². The van der Waals surface area contributed by atoms with Crippen molar-refractivity contribution in [1.29, 1.82) is 0 Å². The molecule has 0 atom stereocenters. The second kappa shape index (κ2) is 10.7. The highest BCUT2D eigenvalue weighted by Gasteiger charge is 2.05. The van der Waals surface area contributed by atoms with E-state index in [1.807, 2.05) is 0 Å². The van der Waals surface area contributed by atoms with Gasteiger partial charge in [-0.1, -0.05) is 58.2 Å². The van der Waals surface area contributed by atoms with Crippen LogP contribution >= 0.6 is 0 Å². The van der Waals surface area contributed by atoms with Crippen molar-refractivity contribution >= 4 is 8.80 Å². The first-order chi connectivity index (χ1) is 6.85. The molecule has 0 bridgehead atoms. The monoisotopic (exact) mass is 232 g/mol. The Morgan fingerprint density at radius 3 is 1.00 bits per heavy atom. The average Bonchev–Trinajstić information content (AvgIpc) is 2.02. The Morgan fingerprint density at radius 1 is 0.667 bits per heavy atom. The van der Waals surface area contributed by atoms with Gasteiger partial charge in [-0.15, -0.1) is 0 Å². The van der Waals surface area contributed by atoms with Crippen LogP contribution in [0.4, 0.5) is 0 Å². The van der Waals surface area contributed by atoms with Crippen molar-refractivity contribution in [3.63, 3.8) is 0 Å². The number of hydrogen-bond donors (Lipinski definition) is 0. The highest BCUT2D eigenvalue weighted by Crippen LogP contribution is 2.11. The maximum Gasteiger partial charge on any atom is 0.0675 e. The van der Waals surface area contributed by atoms with Crippen LogP contribution in [0.1, 0.15) is 40.0 Å². The van der Waals surface area contributed by atoms with Crippen molar-refractivity contribution in [3.8, 4) is 0 Å². The summed E-state index contributed by atoms with van der Waals surface area (Å²) in [5, 5.41) is 0. The first kappa shape index (κ1) is 17.6. The third kappa shape index (κ3) is 25.0. The smallest absolute Gasteiger partial charge is 0.0675 e. The summed E-state index contributed by atoms with van der Waals surface area (Å²) in [5.74, 6) is 0. The number of rotatable bonds is 6. The van der Waals surface area contributed by atoms with E-state index in [1.54, 1.807) is 18.1 Å². The van der Waals surface area contributed by atoms with Crippen molar-refractivity contribution in [3.05, 3.63) is 0 Å². The summed E-state index contributed by atoms with van der Waals surface area (Å²) in [7, 11) is 8.27. The lowest BCUT2D eigenvalue weighted by molar-refractivity contribution is -0.849. The molecular weight excluding hydrogens is 198 g/mol. The zero-order valence-electron chi connectivity index (χ0n) is 12.3. The molecule has 0 spiro atoms. The Balaban J connectivity index is 0. The zero-order valence-corrected chi connectivity index (χ0v) is 13.4. The predicted molar refractivity (Wildman–Crippen MR) is 76.4 cm³/mol. The highest BCUT2D eigenvalue weighted by molar-refractivity contribution is 6.58. The van der Waals surface area contributed by atoms with Gasteiger partial charge in [-0.25, -0.2) is 0 Å². The predicted octanol–water partition coefficient (Wildman–Crippen LogP) is 3.77. The minimum absolute atomic E-state index is 0.234. The molecule has 0 aromatic heterocycles. The molecule has 0 heterocycles. The van der Waals surface area contributed by atoms with Crippen LogP contribution < -0.4 is 0 Å². The summed E-state index contributed by atoms with van der Waals surface area (Å²) in [5.41, 5.74) is 0. The van der Waals surface area contributed by atoms with Crippen molar-refractivity contribution in [2.45, 2.75) is 58.2 Å². The van der Waals surface area contributed by atoms with Gasteiger partial charge in [0, 0.05) is 8.80 Å². The normalized spacial score (nSPS) is 11.2. The van der Waals surface area contributed by atoms with E-state index >= 15 is 0 Å². The molecule has 0 aliphatic carbocycles. The quantitative estimate of drug-likeness (QED) is 0.483. The van der Waals surface area contributed by atoms with Crippen molar-refractivity contribution in [2.24, 2.45) is 0 Å². The van der Waals surface area contributed by atoms with E-state index < -0.39 is 0 Å². The molecule has 0 aliphatic heterocycles. The minimum Gasteiger partial charge on any atom is -0.333 e. The van der Waals surface area contributed by atoms with Gasteiger partial charge < -0.3 is 4.48 Å². The third-order valence-electron chi connectivity index (χ3n) is 2.09. The van der Waals surface area contributed by atoms with Crippen LogP contribution in [-0.4, -0.2) is 41.5 Å². The number of hydrogen-bond acceptors (Lipinski definition) is 0. The van der Waals surface area contributed by atoms with Crippen LogP contribution in [0.15, 0.2) is 0 Å². The fourth-order valence-electron chi connectivity index (χ4n) is 1.66. The maximum atomic E-state index is 2.32. The van der Waals surface area contributed by atoms with Crippen molar-refractivity contribution < 1.29 is 4.48 Å². The molecular formula is C13H34NSi+. The second-order valence-electron chi connectivity index (χ2n) is 5.92. The second-order valence-corrected chi connectivity index (χ2v) is 9.38. The summed E-state index contributed by atoms with van der Waals surface area (Å²) in [6.07, 6.45) is 4.28. The Hall–Kier alpha value is 0.177. The molecule has 0 saturated heterocycles. The highest BCUT2D eigenvalue weighted by atomic mass is 28.3. The van der Waals surface area contributed by atoms with Gasteiger partial charge in [0.25, 0.3) is 0 Å². The zero-order chi connectivity index (χ0) is 12.3. The van der Waals surface area contributed by atoms with Gasteiger partial charge in [0.2, 0.25) is 0 Å². The fourth-order valence-corrected chi connectivity index (χ4v) is 4.97. The topological polar surface area (TPSA) is 0 Å². The van der Waals surface area contributed by atoms with Crippen LogP contribution in [-0.2, 0) is 0 Å². The first-order valence-corrected chi connectivity index (χ1v) is 9.08. The van der Waals surface area contributed by atoms with Crippen LogP contribution in [0, 0.1) is 0 Å². The van der Waals surface area contributed by atoms with E-state index in [4.69, 9.17) is 0 Å². The molecule has 0 aromatic carbocycles. The van der Waals surface area contributed by atoms with Gasteiger partial charge in [0.15, 0.2) is 0 Å². The number of quaternary nitrogens is 1. The summed E-state index contributed by atoms with van der Waals surface area (Å²) in [6.45, 7) is 6.97. The summed E-state index contributed by atoms with van der Waals surface area (Å²) < 4.78 is 1.00. The van der Waals surface area contributed by atoms with Gasteiger partial charge in [-0.05, 0) is 0 Å². The standard InChI is InChI=1S/C9H22Si.C4H12N/c1-4-7-10(8-5-2)9-6-3;1-5(2,3)4/h10H,4-9H2,1-3H3;1-4H3/q;+1. The van der Waals surface area contributed by atoms with Crippen LogP contribution in [0.25, 0.3) is 0 Å². The lowest BCUT2D eigenvalue weighted by Crippen LogP contribution is -2.27. The van der Waals surface area contributed by atoms with E-state index in [0.29, 0.717) is 0 Å². The maximum absolute atomic E-state index is 2.32. The van der Waals surface area contributed by atoms with E-state index in [-0.39, 0.29) is 8.80 Å². The Labute approximate surface area is 100 Å². The third-order valence-corrected chi connectivity index (χ3v) is 6.27. The van der Waals surface area contributed by atoms with Crippen LogP contribution in [0.2, 0.25) is 18.1 Å². The molecule has 0 aliphatic rings. The van der Waals surface area contributed by atoms with E-state index in [1.165, 1.54) is 19.3 Å². The van der Waals surface area contributed by atoms with Gasteiger partial charge in [-0.2, -0.15) is 0 Å². The molecule has 2 heteroatoms. The Morgan fingerprint density at radius 2 is 0.867 bits per heavy atom. The summed E-state index contributed by atoms with van der Waals surface area (Å²) >= 11 is 0. The minimum atomic E-state index is -0.234. The van der Waals surface area contributed by atoms with Crippen molar-refractivity contribution in [1.82, 2.24) is 0 Å². The summed E-state index contributed by atoms with van der Waals surface area (Å²) in [4.78, 5) is 0. The van der Waals surface area contributed by atoms with Crippen LogP contribution in [0.3, 0.4) is 0 Å². The van der Waals surface area contributed by atoms with Crippen LogP contribution in [0.5, 0.6) is 0 Å². The molecule has 0 saturated carbocycles. The SMILES string of the molecule is CCC[SiH](CCC)CCC.C[N+](C)(C)C. The molecule has 15 heavy (non-hydrogen) atoms. The van der Waals surface area contributed by atoms with Crippen molar-refractivity contribution in [2.75, 3.05) is 28.2 Å². The first-order valence-electron chi connectivity index (χ1n) is 6.63. The number of nitrogens with zero attached hydrogens (tertiary/aromatic N) is 1. The lowest BCUT2D eigenvalue weighted by atomic mass is 10.6. The summed E-state index contributed by atoms with van der Waals surface area (Å²) in [6, 6.07) is 4.76. The molecule has 0 fully saturated rings. The molecule has 0 N–H and O–H groups in total. The van der Waals surface area contributed by atoms with Gasteiger partial charge in [0.05, 0.1) is 28.2 Å². The van der Waals surface area contributed by atoms with Gasteiger partial charge in [0.1, 0.15) is 0 Å². The molecule has 1 nitrogen and oxygen atoms in total.